The van der Waals surface area contributed by atoms with Gasteiger partial charge in [0.1, 0.15) is 6.54 Å². The molecule has 0 spiro atoms. The molecule has 4 nitrogen and oxygen atoms in total. The summed E-state index contributed by atoms with van der Waals surface area (Å²) in [5.41, 5.74) is 3.89. The maximum absolute atomic E-state index is 10.7. The maximum atomic E-state index is 10.7. The number of para-hydroxylation sites is 2. The highest BCUT2D eigenvalue weighted by molar-refractivity contribution is 8.00. The predicted molar refractivity (Wildman–Crippen MR) is 114 cm³/mol. The number of unbranched alkanes of at least 4 members (excludes halogenated alkanes) is 1. The minimum absolute atomic E-state index is 0.238. The SMILES string of the molecule is CN1c2ccccc2SC1Cc1cc[n+](CCCCC(=O)O)c2ccccc12. The van der Waals surface area contributed by atoms with Gasteiger partial charge >= 0.3 is 5.97 Å². The molecule has 1 unspecified atom stereocenters. The monoisotopic (exact) mass is 393 g/mol. The first-order valence-electron chi connectivity index (χ1n) is 9.74. The van der Waals surface area contributed by atoms with Crippen LogP contribution in [0, 0.1) is 0 Å². The molecule has 1 aromatic heterocycles. The van der Waals surface area contributed by atoms with E-state index in [-0.39, 0.29) is 6.42 Å². The quantitative estimate of drug-likeness (QED) is 0.474. The Balaban J connectivity index is 1.54. The van der Waals surface area contributed by atoms with E-state index in [4.69, 9.17) is 5.11 Å². The van der Waals surface area contributed by atoms with Gasteiger partial charge in [-0.2, -0.15) is 4.57 Å². The first-order valence-corrected chi connectivity index (χ1v) is 10.6. The Labute approximate surface area is 169 Å². The van der Waals surface area contributed by atoms with Gasteiger partial charge in [-0.15, -0.1) is 0 Å². The van der Waals surface area contributed by atoms with Crippen LogP contribution in [0.15, 0.2) is 65.7 Å². The molecule has 0 bridgehead atoms. The predicted octanol–water partition coefficient (Wildman–Crippen LogP) is 4.49. The van der Waals surface area contributed by atoms with E-state index in [0.717, 1.165) is 19.4 Å². The first kappa shape index (κ1) is 18.8. The number of aryl methyl sites for hydroxylation is 1. The van der Waals surface area contributed by atoms with Crippen molar-refractivity contribution in [1.29, 1.82) is 0 Å². The number of pyridine rings is 1. The van der Waals surface area contributed by atoms with Gasteiger partial charge < -0.3 is 10.0 Å². The van der Waals surface area contributed by atoms with Crippen molar-refractivity contribution in [1.82, 2.24) is 0 Å². The van der Waals surface area contributed by atoms with Crippen molar-refractivity contribution in [2.24, 2.45) is 0 Å². The molecule has 28 heavy (non-hydrogen) atoms. The van der Waals surface area contributed by atoms with Gasteiger partial charge in [-0.25, -0.2) is 0 Å². The number of hydrogen-bond acceptors (Lipinski definition) is 3. The van der Waals surface area contributed by atoms with E-state index in [2.05, 4.69) is 77.3 Å². The standard InChI is InChI=1S/C23H24N2O2S/c1-24-20-10-4-5-11-21(20)28-22(24)16-17-13-15-25(14-7-6-12-23(26)27)19-9-3-2-8-18(17)19/h2-5,8-11,13,15,22H,6-7,12,14,16H2,1H3/p+1. The van der Waals surface area contributed by atoms with E-state index >= 15 is 0 Å². The summed E-state index contributed by atoms with van der Waals surface area (Å²) in [5.74, 6) is -0.718. The molecular formula is C23H25N2O2S+. The highest BCUT2D eigenvalue weighted by Gasteiger charge is 2.28. The van der Waals surface area contributed by atoms with Crippen molar-refractivity contribution in [3.05, 3.63) is 66.4 Å². The molecule has 0 amide bonds. The van der Waals surface area contributed by atoms with Crippen molar-refractivity contribution in [3.63, 3.8) is 0 Å². The van der Waals surface area contributed by atoms with E-state index in [1.54, 1.807) is 0 Å². The number of aliphatic carboxylic acids is 1. The van der Waals surface area contributed by atoms with Crippen LogP contribution in [0.5, 0.6) is 0 Å². The lowest BCUT2D eigenvalue weighted by Crippen LogP contribution is -2.35. The zero-order chi connectivity index (χ0) is 19.5. The van der Waals surface area contributed by atoms with E-state index in [1.807, 2.05) is 11.8 Å². The summed E-state index contributed by atoms with van der Waals surface area (Å²) in [6.07, 6.45) is 4.96. The molecular weight excluding hydrogens is 368 g/mol. The molecule has 0 saturated heterocycles. The fourth-order valence-electron chi connectivity index (χ4n) is 3.87. The summed E-state index contributed by atoms with van der Waals surface area (Å²) in [5, 5.41) is 10.5. The van der Waals surface area contributed by atoms with Crippen LogP contribution in [0.3, 0.4) is 0 Å². The van der Waals surface area contributed by atoms with Gasteiger partial charge in [0.15, 0.2) is 6.20 Å². The number of aromatic nitrogens is 1. The molecule has 0 fully saturated rings. The fourth-order valence-corrected chi connectivity index (χ4v) is 5.19. The summed E-state index contributed by atoms with van der Waals surface area (Å²) >= 11 is 1.93. The van der Waals surface area contributed by atoms with E-state index < -0.39 is 5.97 Å². The first-order chi connectivity index (χ1) is 13.6. The number of benzene rings is 2. The van der Waals surface area contributed by atoms with Crippen molar-refractivity contribution in [3.8, 4) is 0 Å². The van der Waals surface area contributed by atoms with Crippen LogP contribution < -0.4 is 9.47 Å². The number of carboxylic acid groups (broad SMARTS) is 1. The minimum atomic E-state index is -0.718. The van der Waals surface area contributed by atoms with Crippen LogP contribution >= 0.6 is 11.8 Å². The highest BCUT2D eigenvalue weighted by Crippen LogP contribution is 2.43. The van der Waals surface area contributed by atoms with Gasteiger partial charge in [-0.3, -0.25) is 4.79 Å². The lowest BCUT2D eigenvalue weighted by molar-refractivity contribution is -0.671. The summed E-state index contributed by atoms with van der Waals surface area (Å²) in [6, 6.07) is 19.4. The molecule has 2 heterocycles. The number of likely N-dealkylation sites (N-methyl/N-ethyl adjacent to an activating group) is 1. The Hall–Kier alpha value is -2.53. The smallest absolute Gasteiger partial charge is 0.303 e. The van der Waals surface area contributed by atoms with Gasteiger partial charge in [-0.05, 0) is 30.2 Å². The molecule has 1 aliphatic rings. The molecule has 0 aliphatic carbocycles. The Morgan fingerprint density at radius 2 is 1.89 bits per heavy atom. The number of carbonyl (C=O) groups is 1. The molecule has 0 saturated carbocycles. The van der Waals surface area contributed by atoms with Gasteiger partial charge in [0.05, 0.1) is 11.1 Å². The summed E-state index contributed by atoms with van der Waals surface area (Å²) < 4.78 is 2.25. The molecule has 4 rings (SSSR count). The lowest BCUT2D eigenvalue weighted by Gasteiger charge is -2.22. The van der Waals surface area contributed by atoms with Crippen molar-refractivity contribution in [2.45, 2.75) is 42.5 Å². The zero-order valence-corrected chi connectivity index (χ0v) is 16.9. The van der Waals surface area contributed by atoms with Crippen molar-refractivity contribution < 1.29 is 14.5 Å². The second kappa shape index (κ2) is 8.23. The molecule has 3 aromatic rings. The number of fused-ring (bicyclic) bond motifs is 2. The summed E-state index contributed by atoms with van der Waals surface area (Å²) in [7, 11) is 2.18. The average Bonchev–Trinajstić information content (AvgIpc) is 3.02. The van der Waals surface area contributed by atoms with Crippen molar-refractivity contribution >= 4 is 34.3 Å². The minimum Gasteiger partial charge on any atom is -0.481 e. The van der Waals surface area contributed by atoms with Crippen LogP contribution in [0.25, 0.3) is 10.9 Å². The van der Waals surface area contributed by atoms with Crippen LogP contribution in [-0.4, -0.2) is 23.5 Å². The molecule has 1 atom stereocenters. The Morgan fingerprint density at radius 3 is 2.71 bits per heavy atom. The third-order valence-corrected chi connectivity index (χ3v) is 6.74. The summed E-state index contributed by atoms with van der Waals surface area (Å²) in [4.78, 5) is 14.5. The van der Waals surface area contributed by atoms with Crippen LogP contribution in [-0.2, 0) is 17.8 Å². The van der Waals surface area contributed by atoms with Crippen LogP contribution in [0.2, 0.25) is 0 Å². The average molecular weight is 394 g/mol. The van der Waals surface area contributed by atoms with Gasteiger partial charge in [0, 0.05) is 48.7 Å². The largest absolute Gasteiger partial charge is 0.481 e. The Kier molecular flexibility index (Phi) is 5.53. The lowest BCUT2D eigenvalue weighted by atomic mass is 10.1. The molecule has 1 N–H and O–H groups in total. The highest BCUT2D eigenvalue weighted by atomic mass is 32.2. The number of nitrogens with zero attached hydrogens (tertiary/aromatic N) is 2. The Bertz CT molecular complexity index is 1000. The number of rotatable bonds is 7. The molecule has 144 valence electrons. The van der Waals surface area contributed by atoms with Crippen molar-refractivity contribution in [2.75, 3.05) is 11.9 Å². The Morgan fingerprint density at radius 1 is 1.11 bits per heavy atom. The number of hydrogen-bond donors (Lipinski definition) is 1. The number of anilines is 1. The third kappa shape index (κ3) is 3.85. The topological polar surface area (TPSA) is 44.4 Å². The molecule has 2 aromatic carbocycles. The fraction of sp³-hybridized carbons (Fsp3) is 0.304. The molecule has 1 aliphatic heterocycles. The zero-order valence-electron chi connectivity index (χ0n) is 16.0. The second-order valence-electron chi connectivity index (χ2n) is 7.26. The molecule has 5 heteroatoms. The van der Waals surface area contributed by atoms with Crippen LogP contribution in [0.4, 0.5) is 5.69 Å². The van der Waals surface area contributed by atoms with Gasteiger partial charge in [0.25, 0.3) is 0 Å². The third-order valence-electron chi connectivity index (χ3n) is 5.39. The van der Waals surface area contributed by atoms with Gasteiger partial charge in [-0.1, -0.05) is 36.0 Å². The summed E-state index contributed by atoms with van der Waals surface area (Å²) in [6.45, 7) is 0.845. The number of thioether (sulfide) groups is 1. The molecule has 0 radical (unpaired) electrons. The van der Waals surface area contributed by atoms with Gasteiger partial charge in [0.2, 0.25) is 5.52 Å². The van der Waals surface area contributed by atoms with Crippen LogP contribution in [0.1, 0.15) is 24.8 Å². The van der Waals surface area contributed by atoms with E-state index in [0.29, 0.717) is 11.8 Å². The van der Waals surface area contributed by atoms with E-state index in [9.17, 15) is 4.79 Å². The van der Waals surface area contributed by atoms with E-state index in [1.165, 1.54) is 27.0 Å². The number of carboxylic acids is 1. The maximum Gasteiger partial charge on any atom is 0.303 e. The normalized spacial score (nSPS) is 15.8. The second-order valence-corrected chi connectivity index (χ2v) is 8.48.